The third-order valence-electron chi connectivity index (χ3n) is 5.95. The van der Waals surface area contributed by atoms with Gasteiger partial charge in [0.2, 0.25) is 0 Å². The van der Waals surface area contributed by atoms with Crippen LogP contribution in [0.3, 0.4) is 0 Å². The molecule has 1 atom stereocenters. The van der Waals surface area contributed by atoms with Crippen molar-refractivity contribution in [1.82, 2.24) is 5.32 Å². The van der Waals surface area contributed by atoms with Gasteiger partial charge in [-0.2, -0.15) is 0 Å². The average Bonchev–Trinajstić information content (AvgIpc) is 2.82. The number of esters is 1. The van der Waals surface area contributed by atoms with Crippen LogP contribution in [0, 0.1) is 5.92 Å². The molecule has 1 aliphatic rings. The highest BCUT2D eigenvalue weighted by atomic mass is 35.5. The monoisotopic (exact) mass is 556 g/mol. The summed E-state index contributed by atoms with van der Waals surface area (Å²) >= 11 is 6.11. The van der Waals surface area contributed by atoms with Crippen LogP contribution in [0.25, 0.3) is 0 Å². The molecule has 1 fully saturated rings. The van der Waals surface area contributed by atoms with E-state index >= 15 is 0 Å². The molecule has 12 heteroatoms. The van der Waals surface area contributed by atoms with Crippen LogP contribution in [-0.2, 0) is 29.4 Å². The summed E-state index contributed by atoms with van der Waals surface area (Å²) in [6.07, 6.45) is 5.56. The van der Waals surface area contributed by atoms with Gasteiger partial charge < -0.3 is 10.1 Å². The third-order valence-corrected chi connectivity index (χ3v) is 8.78. The molecule has 1 saturated carbocycles. The Morgan fingerprint density at radius 3 is 2.22 bits per heavy atom. The van der Waals surface area contributed by atoms with Gasteiger partial charge in [0.1, 0.15) is 0 Å². The molecule has 2 aromatic rings. The lowest BCUT2D eigenvalue weighted by Gasteiger charge is -2.22. The summed E-state index contributed by atoms with van der Waals surface area (Å²) in [6.45, 7) is 1.95. The molecular weight excluding hydrogens is 528 g/mol. The number of carbonyl (C=O) groups excluding carboxylic acids is 2. The minimum Gasteiger partial charge on any atom is -0.449 e. The van der Waals surface area contributed by atoms with Crippen LogP contribution in [0.15, 0.2) is 52.3 Å². The fourth-order valence-corrected chi connectivity index (χ4v) is 5.78. The molecule has 0 bridgehead atoms. The molecule has 1 amide bonds. The molecule has 196 valence electrons. The molecule has 0 unspecified atom stereocenters. The van der Waals surface area contributed by atoms with Gasteiger partial charge in [-0.05, 0) is 68.1 Å². The summed E-state index contributed by atoms with van der Waals surface area (Å²) < 4.78 is 56.4. The Hall–Kier alpha value is -2.63. The van der Waals surface area contributed by atoms with Gasteiger partial charge in [-0.3, -0.25) is 9.52 Å². The highest BCUT2D eigenvalue weighted by molar-refractivity contribution is 7.92. The second-order valence-corrected chi connectivity index (χ2v) is 12.9. The summed E-state index contributed by atoms with van der Waals surface area (Å²) in [5.74, 6) is -0.958. The summed E-state index contributed by atoms with van der Waals surface area (Å²) in [5, 5.41) is 2.77. The molecule has 2 N–H and O–H groups in total. The Labute approximate surface area is 216 Å². The van der Waals surface area contributed by atoms with Gasteiger partial charge in [0, 0.05) is 18.5 Å². The number of amides is 1. The van der Waals surface area contributed by atoms with Crippen molar-refractivity contribution in [2.75, 3.05) is 17.5 Å². The highest BCUT2D eigenvalue weighted by Gasteiger charge is 2.24. The molecule has 0 heterocycles. The van der Waals surface area contributed by atoms with Crippen molar-refractivity contribution >= 4 is 49.0 Å². The smallest absolute Gasteiger partial charge is 0.340 e. The van der Waals surface area contributed by atoms with Gasteiger partial charge in [-0.25, -0.2) is 21.6 Å². The molecule has 1 aliphatic carbocycles. The van der Waals surface area contributed by atoms with Gasteiger partial charge in [0.05, 0.1) is 20.4 Å². The van der Waals surface area contributed by atoms with Crippen LogP contribution in [0.5, 0.6) is 0 Å². The first-order valence-electron chi connectivity index (χ1n) is 11.5. The number of benzene rings is 2. The molecular formula is C24H29ClN2O7S2. The van der Waals surface area contributed by atoms with Crippen molar-refractivity contribution in [3.8, 4) is 0 Å². The molecule has 0 saturated heterocycles. The fraction of sp³-hybridized carbons (Fsp3) is 0.417. The SMILES string of the molecule is C[C@H](OC(=O)c1cc(S(=O)(=O)Nc2ccc(S(C)(=O)=O)cc2)ccc1Cl)C(=O)NCC1CCCCC1. The maximum Gasteiger partial charge on any atom is 0.340 e. The number of anilines is 1. The minimum atomic E-state index is -4.15. The van der Waals surface area contributed by atoms with Crippen molar-refractivity contribution in [2.45, 2.75) is 54.9 Å². The zero-order valence-electron chi connectivity index (χ0n) is 20.0. The van der Waals surface area contributed by atoms with Gasteiger partial charge in [0.25, 0.3) is 15.9 Å². The Balaban J connectivity index is 1.67. The number of hydrogen-bond acceptors (Lipinski definition) is 7. The molecule has 0 aliphatic heterocycles. The predicted octanol–water partition coefficient (Wildman–Crippen LogP) is 3.79. The van der Waals surface area contributed by atoms with E-state index in [9.17, 15) is 26.4 Å². The normalized spacial score (nSPS) is 15.6. The number of halogens is 1. The van der Waals surface area contributed by atoms with E-state index in [2.05, 4.69) is 10.0 Å². The maximum atomic E-state index is 12.8. The molecule has 0 aromatic heterocycles. The largest absolute Gasteiger partial charge is 0.449 e. The van der Waals surface area contributed by atoms with Gasteiger partial charge >= 0.3 is 5.97 Å². The van der Waals surface area contributed by atoms with E-state index in [0.29, 0.717) is 12.5 Å². The lowest BCUT2D eigenvalue weighted by Crippen LogP contribution is -2.38. The molecule has 3 rings (SSSR count). The standard InChI is InChI=1S/C24H29ClN2O7S2/c1-16(23(28)26-15-17-6-4-3-5-7-17)34-24(29)21-14-20(12-13-22(21)25)36(32,33)27-18-8-10-19(11-9-18)35(2,30)31/h8-14,16-17,27H,3-7,15H2,1-2H3,(H,26,28)/t16-/m0/s1. The number of sulfone groups is 1. The summed E-state index contributed by atoms with van der Waals surface area (Å²) in [5.41, 5.74) is -0.0800. The fourth-order valence-electron chi connectivity index (χ4n) is 3.87. The lowest BCUT2D eigenvalue weighted by atomic mass is 9.89. The van der Waals surface area contributed by atoms with Crippen LogP contribution in [0.1, 0.15) is 49.4 Å². The van der Waals surface area contributed by atoms with Crippen molar-refractivity contribution in [3.05, 3.63) is 53.1 Å². The molecule has 9 nitrogen and oxygen atoms in total. The number of sulfonamides is 1. The molecule has 2 aromatic carbocycles. The zero-order valence-corrected chi connectivity index (χ0v) is 22.4. The molecule has 0 spiro atoms. The van der Waals surface area contributed by atoms with E-state index < -0.39 is 37.8 Å². The van der Waals surface area contributed by atoms with Gasteiger partial charge in [0.15, 0.2) is 15.9 Å². The van der Waals surface area contributed by atoms with Crippen molar-refractivity contribution in [2.24, 2.45) is 5.92 Å². The molecule has 0 radical (unpaired) electrons. The van der Waals surface area contributed by atoms with E-state index in [0.717, 1.165) is 38.0 Å². The third kappa shape index (κ3) is 7.44. The number of ether oxygens (including phenoxy) is 1. The van der Waals surface area contributed by atoms with E-state index in [4.69, 9.17) is 16.3 Å². The maximum absolute atomic E-state index is 12.8. The van der Waals surface area contributed by atoms with Crippen molar-refractivity contribution in [3.63, 3.8) is 0 Å². The number of hydrogen-bond donors (Lipinski definition) is 2. The predicted molar refractivity (Wildman–Crippen MR) is 136 cm³/mol. The topological polar surface area (TPSA) is 136 Å². The van der Waals surface area contributed by atoms with Crippen LogP contribution < -0.4 is 10.0 Å². The number of carbonyl (C=O) groups is 2. The van der Waals surface area contributed by atoms with Crippen molar-refractivity contribution in [1.29, 1.82) is 0 Å². The first kappa shape index (κ1) is 27.9. The quantitative estimate of drug-likeness (QED) is 0.448. The molecule has 36 heavy (non-hydrogen) atoms. The Bertz CT molecular complexity index is 1320. The summed E-state index contributed by atoms with van der Waals surface area (Å²) in [6, 6.07) is 8.70. The van der Waals surface area contributed by atoms with Gasteiger partial charge in [-0.1, -0.05) is 30.9 Å². The summed E-state index contributed by atoms with van der Waals surface area (Å²) in [7, 11) is -7.58. The Kier molecular flexibility index (Phi) is 9.02. The van der Waals surface area contributed by atoms with Crippen LogP contribution in [-0.4, -0.2) is 47.6 Å². The second kappa shape index (κ2) is 11.6. The van der Waals surface area contributed by atoms with Gasteiger partial charge in [-0.15, -0.1) is 0 Å². The van der Waals surface area contributed by atoms with Crippen molar-refractivity contribution < 1.29 is 31.2 Å². The average molecular weight is 557 g/mol. The van der Waals surface area contributed by atoms with Crippen LogP contribution in [0.4, 0.5) is 5.69 Å². The first-order chi connectivity index (χ1) is 16.9. The van der Waals surface area contributed by atoms with E-state index in [-0.39, 0.29) is 26.1 Å². The number of nitrogens with one attached hydrogen (secondary N) is 2. The first-order valence-corrected chi connectivity index (χ1v) is 15.2. The van der Waals surface area contributed by atoms with E-state index in [1.54, 1.807) is 0 Å². The Morgan fingerprint density at radius 1 is 1.00 bits per heavy atom. The zero-order chi connectivity index (χ0) is 26.5. The number of rotatable bonds is 9. The van der Waals surface area contributed by atoms with Crippen LogP contribution >= 0.6 is 11.6 Å². The minimum absolute atomic E-state index is 0.0359. The second-order valence-electron chi connectivity index (χ2n) is 8.84. The Morgan fingerprint density at radius 2 is 1.61 bits per heavy atom. The van der Waals surface area contributed by atoms with E-state index in [1.165, 1.54) is 49.7 Å². The lowest BCUT2D eigenvalue weighted by molar-refractivity contribution is -0.129. The van der Waals surface area contributed by atoms with E-state index in [1.807, 2.05) is 0 Å². The van der Waals surface area contributed by atoms with Crippen LogP contribution in [0.2, 0.25) is 5.02 Å². The summed E-state index contributed by atoms with van der Waals surface area (Å²) in [4.78, 5) is 24.9. The highest BCUT2D eigenvalue weighted by Crippen LogP contribution is 2.25.